The quantitative estimate of drug-likeness (QED) is 0.704. The number of carbonyl (C=O) groups excluding carboxylic acids is 1. The Hall–Kier alpha value is -1.51. The van der Waals surface area contributed by atoms with Gasteiger partial charge in [-0.15, -0.1) is 0 Å². The maximum atomic E-state index is 11.5. The summed E-state index contributed by atoms with van der Waals surface area (Å²) in [6.45, 7) is 2.27. The van der Waals surface area contributed by atoms with Crippen LogP contribution in [0.1, 0.15) is 39.0 Å². The van der Waals surface area contributed by atoms with E-state index < -0.39 is 0 Å². The third-order valence-corrected chi connectivity index (χ3v) is 2.55. The average molecular weight is 236 g/mol. The molecule has 0 aliphatic rings. The lowest BCUT2D eigenvalue weighted by atomic mass is 10.1. The number of Topliss-reactive ketones (excluding diaryl/α,β-unsaturated/α-hetero) is 1. The fourth-order valence-electron chi connectivity index (χ4n) is 1.53. The maximum Gasteiger partial charge on any atom is 0.170 e. The maximum absolute atomic E-state index is 11.5. The Labute approximate surface area is 102 Å². The second kappa shape index (κ2) is 7.71. The Morgan fingerprint density at radius 3 is 2.53 bits per heavy atom. The van der Waals surface area contributed by atoms with Crippen LogP contribution in [0, 0.1) is 0 Å². The van der Waals surface area contributed by atoms with Gasteiger partial charge in [-0.25, -0.2) is 0 Å². The molecule has 0 unspecified atom stereocenters. The number of rotatable bonds is 8. The number of phenols is 1. The van der Waals surface area contributed by atoms with Crippen molar-refractivity contribution in [1.82, 2.24) is 0 Å². The molecule has 1 rings (SSSR count). The molecule has 3 heteroatoms. The molecule has 1 aromatic carbocycles. The normalized spacial score (nSPS) is 10.2. The number of phenolic OH excluding ortho intramolecular Hbond substituents is 1. The summed E-state index contributed by atoms with van der Waals surface area (Å²) >= 11 is 0. The van der Waals surface area contributed by atoms with E-state index in [1.54, 1.807) is 24.3 Å². The fraction of sp³-hybridized carbons (Fsp3) is 0.500. The molecule has 0 amide bonds. The van der Waals surface area contributed by atoms with Crippen LogP contribution in [0.25, 0.3) is 0 Å². The van der Waals surface area contributed by atoms with E-state index in [4.69, 9.17) is 9.84 Å². The number of unbranched alkanes of at least 4 members (excludes halogenated alkanes) is 3. The second-order valence-corrected chi connectivity index (χ2v) is 4.13. The second-order valence-electron chi connectivity index (χ2n) is 4.13. The summed E-state index contributed by atoms with van der Waals surface area (Å²) in [4.78, 5) is 11.5. The molecule has 3 nitrogen and oxygen atoms in total. The van der Waals surface area contributed by atoms with E-state index in [0.29, 0.717) is 12.2 Å². The summed E-state index contributed by atoms with van der Waals surface area (Å²) in [5.41, 5.74) is 0. The van der Waals surface area contributed by atoms with Gasteiger partial charge in [-0.3, -0.25) is 4.79 Å². The predicted molar refractivity (Wildman–Crippen MR) is 67.4 cm³/mol. The standard InChI is InChI=1S/C14H20O3/c1-2-3-4-5-6-13(16)11-17-14-9-7-12(15)8-10-14/h7-10,15H,2-6,11H2,1H3. The van der Waals surface area contributed by atoms with Crippen molar-refractivity contribution in [2.45, 2.75) is 39.0 Å². The lowest BCUT2D eigenvalue weighted by Crippen LogP contribution is -2.10. The molecule has 0 heterocycles. The van der Waals surface area contributed by atoms with Gasteiger partial charge in [0.1, 0.15) is 18.1 Å². The van der Waals surface area contributed by atoms with Crippen LogP contribution in [0.2, 0.25) is 0 Å². The highest BCUT2D eigenvalue weighted by atomic mass is 16.5. The number of carbonyl (C=O) groups is 1. The molecule has 1 aromatic rings. The molecule has 17 heavy (non-hydrogen) atoms. The first-order valence-electron chi connectivity index (χ1n) is 6.16. The molecule has 0 spiro atoms. The molecule has 0 bridgehead atoms. The van der Waals surface area contributed by atoms with Crippen molar-refractivity contribution in [2.24, 2.45) is 0 Å². The fourth-order valence-corrected chi connectivity index (χ4v) is 1.53. The molecule has 0 aliphatic carbocycles. The van der Waals surface area contributed by atoms with Crippen LogP contribution >= 0.6 is 0 Å². The summed E-state index contributed by atoms with van der Waals surface area (Å²) in [5.74, 6) is 0.946. The molecule has 0 fully saturated rings. The number of aromatic hydroxyl groups is 1. The lowest BCUT2D eigenvalue weighted by Gasteiger charge is -2.05. The number of benzene rings is 1. The minimum atomic E-state index is 0.122. The summed E-state index contributed by atoms with van der Waals surface area (Å²) < 4.78 is 5.32. The molecule has 94 valence electrons. The van der Waals surface area contributed by atoms with Crippen molar-refractivity contribution in [1.29, 1.82) is 0 Å². The number of ketones is 1. The largest absolute Gasteiger partial charge is 0.508 e. The van der Waals surface area contributed by atoms with Gasteiger partial charge in [0.2, 0.25) is 0 Å². The number of ether oxygens (including phenoxy) is 1. The van der Waals surface area contributed by atoms with Gasteiger partial charge < -0.3 is 9.84 Å². The Morgan fingerprint density at radius 2 is 1.88 bits per heavy atom. The third-order valence-electron chi connectivity index (χ3n) is 2.55. The van der Waals surface area contributed by atoms with Crippen LogP contribution < -0.4 is 4.74 Å². The van der Waals surface area contributed by atoms with Gasteiger partial charge in [-0.05, 0) is 30.7 Å². The minimum Gasteiger partial charge on any atom is -0.508 e. The highest BCUT2D eigenvalue weighted by Gasteiger charge is 2.03. The van der Waals surface area contributed by atoms with E-state index >= 15 is 0 Å². The van der Waals surface area contributed by atoms with Gasteiger partial charge in [0.15, 0.2) is 5.78 Å². The Balaban J connectivity index is 2.17. The predicted octanol–water partition coefficient (Wildman–Crippen LogP) is 3.31. The van der Waals surface area contributed by atoms with Crippen LogP contribution in [-0.4, -0.2) is 17.5 Å². The first-order valence-corrected chi connectivity index (χ1v) is 6.16. The molecule has 0 aliphatic heterocycles. The van der Waals surface area contributed by atoms with Crippen LogP contribution in [0.3, 0.4) is 0 Å². The average Bonchev–Trinajstić information content (AvgIpc) is 2.34. The van der Waals surface area contributed by atoms with Crippen molar-refractivity contribution in [3.63, 3.8) is 0 Å². The first-order chi connectivity index (χ1) is 8.22. The van der Waals surface area contributed by atoms with E-state index in [9.17, 15) is 4.79 Å². The lowest BCUT2D eigenvalue weighted by molar-refractivity contribution is -0.121. The van der Waals surface area contributed by atoms with Crippen LogP contribution in [0.4, 0.5) is 0 Å². The Morgan fingerprint density at radius 1 is 1.18 bits per heavy atom. The summed E-state index contributed by atoms with van der Waals surface area (Å²) in [6, 6.07) is 6.39. The molecule has 0 aromatic heterocycles. The molecule has 1 N–H and O–H groups in total. The highest BCUT2D eigenvalue weighted by molar-refractivity contribution is 5.79. The Kier molecular flexibility index (Phi) is 6.15. The van der Waals surface area contributed by atoms with Crippen LogP contribution in [0.5, 0.6) is 11.5 Å². The van der Waals surface area contributed by atoms with Gasteiger partial charge in [0.05, 0.1) is 0 Å². The summed E-state index contributed by atoms with van der Waals surface area (Å²) in [7, 11) is 0. The van der Waals surface area contributed by atoms with Gasteiger partial charge in [-0.1, -0.05) is 26.2 Å². The van der Waals surface area contributed by atoms with Crippen molar-refractivity contribution >= 4 is 5.78 Å². The molecular weight excluding hydrogens is 216 g/mol. The van der Waals surface area contributed by atoms with Crippen molar-refractivity contribution in [2.75, 3.05) is 6.61 Å². The van der Waals surface area contributed by atoms with Gasteiger partial charge in [0.25, 0.3) is 0 Å². The molecular formula is C14H20O3. The van der Waals surface area contributed by atoms with Crippen LogP contribution in [-0.2, 0) is 4.79 Å². The van der Waals surface area contributed by atoms with E-state index in [-0.39, 0.29) is 18.1 Å². The zero-order valence-corrected chi connectivity index (χ0v) is 10.3. The smallest absolute Gasteiger partial charge is 0.170 e. The monoisotopic (exact) mass is 236 g/mol. The highest BCUT2D eigenvalue weighted by Crippen LogP contribution is 2.16. The molecule has 0 radical (unpaired) electrons. The van der Waals surface area contributed by atoms with Crippen molar-refractivity contribution in [3.8, 4) is 11.5 Å². The van der Waals surface area contributed by atoms with Crippen molar-refractivity contribution < 1.29 is 14.6 Å². The van der Waals surface area contributed by atoms with Gasteiger partial charge >= 0.3 is 0 Å². The summed E-state index contributed by atoms with van der Waals surface area (Å²) in [6.07, 6.45) is 5.02. The Bertz CT molecular complexity index is 330. The molecule has 0 saturated carbocycles. The number of hydrogen-bond acceptors (Lipinski definition) is 3. The van der Waals surface area contributed by atoms with E-state index in [0.717, 1.165) is 12.8 Å². The van der Waals surface area contributed by atoms with E-state index in [1.165, 1.54) is 12.8 Å². The van der Waals surface area contributed by atoms with E-state index in [1.807, 2.05) is 0 Å². The molecule has 0 saturated heterocycles. The SMILES string of the molecule is CCCCCCC(=O)COc1ccc(O)cc1. The molecule has 0 atom stereocenters. The van der Waals surface area contributed by atoms with Gasteiger partial charge in [0, 0.05) is 6.42 Å². The topological polar surface area (TPSA) is 46.5 Å². The van der Waals surface area contributed by atoms with E-state index in [2.05, 4.69) is 6.92 Å². The zero-order valence-electron chi connectivity index (χ0n) is 10.3. The summed E-state index contributed by atoms with van der Waals surface area (Å²) in [5, 5.41) is 9.08. The third kappa shape index (κ3) is 5.95. The first kappa shape index (κ1) is 13.6. The van der Waals surface area contributed by atoms with Gasteiger partial charge in [-0.2, -0.15) is 0 Å². The zero-order chi connectivity index (χ0) is 12.5. The minimum absolute atomic E-state index is 0.122. The number of hydrogen-bond donors (Lipinski definition) is 1. The van der Waals surface area contributed by atoms with Crippen molar-refractivity contribution in [3.05, 3.63) is 24.3 Å². The van der Waals surface area contributed by atoms with Crippen LogP contribution in [0.15, 0.2) is 24.3 Å².